The first-order valence-electron chi connectivity index (χ1n) is 5.72. The topological polar surface area (TPSA) is 64.9 Å². The number of rotatable bonds is 3. The van der Waals surface area contributed by atoms with Gasteiger partial charge in [0.25, 0.3) is 5.89 Å². The zero-order valence-electron chi connectivity index (χ0n) is 9.98. The van der Waals surface area contributed by atoms with Gasteiger partial charge >= 0.3 is 0 Å². The van der Waals surface area contributed by atoms with E-state index in [4.69, 9.17) is 10.3 Å². The van der Waals surface area contributed by atoms with Gasteiger partial charge in [-0.3, -0.25) is 0 Å². The van der Waals surface area contributed by atoms with E-state index in [0.717, 1.165) is 16.1 Å². The summed E-state index contributed by atoms with van der Waals surface area (Å²) in [5, 5.41) is 5.92. The molecule has 0 aliphatic rings. The lowest BCUT2D eigenvalue weighted by Gasteiger charge is -1.93. The minimum atomic E-state index is 0.486. The van der Waals surface area contributed by atoms with Crippen LogP contribution in [0.5, 0.6) is 0 Å². The molecule has 0 bridgehead atoms. The first kappa shape index (κ1) is 11.7. The minimum absolute atomic E-state index is 0.486. The van der Waals surface area contributed by atoms with E-state index in [9.17, 15) is 0 Å². The zero-order valence-corrected chi connectivity index (χ0v) is 10.8. The fourth-order valence-electron chi connectivity index (χ4n) is 1.58. The molecule has 5 heteroatoms. The number of benzene rings is 1. The van der Waals surface area contributed by atoms with Crippen LogP contribution in [0.25, 0.3) is 22.9 Å². The molecule has 2 heterocycles. The minimum Gasteiger partial charge on any atom is -0.399 e. The number of aromatic nitrogens is 2. The molecular formula is C14H11N3OS. The summed E-state index contributed by atoms with van der Waals surface area (Å²) in [5.74, 6) is 1.10. The molecule has 0 aliphatic carbocycles. The molecule has 0 unspecified atom stereocenters. The Kier molecular flexibility index (Phi) is 3.12. The quantitative estimate of drug-likeness (QED) is 0.738. The molecule has 0 atom stereocenters. The molecule has 3 aromatic rings. The molecule has 1 aromatic carbocycles. The predicted molar refractivity (Wildman–Crippen MR) is 77.4 cm³/mol. The Labute approximate surface area is 114 Å². The lowest BCUT2D eigenvalue weighted by atomic mass is 10.2. The Morgan fingerprint density at radius 1 is 1.11 bits per heavy atom. The van der Waals surface area contributed by atoms with Crippen LogP contribution >= 0.6 is 11.3 Å². The summed E-state index contributed by atoms with van der Waals surface area (Å²) < 4.78 is 5.17. The predicted octanol–water partition coefficient (Wildman–Crippen LogP) is 3.55. The maximum atomic E-state index is 5.63. The first-order chi connectivity index (χ1) is 9.31. The molecule has 94 valence electrons. The molecule has 2 N–H and O–H groups in total. The lowest BCUT2D eigenvalue weighted by Crippen LogP contribution is -1.82. The number of anilines is 1. The summed E-state index contributed by atoms with van der Waals surface area (Å²) in [6.07, 6.45) is 3.70. The second kappa shape index (κ2) is 5.07. The number of nitrogen functional groups attached to an aromatic ring is 1. The Morgan fingerprint density at radius 2 is 1.95 bits per heavy atom. The van der Waals surface area contributed by atoms with Gasteiger partial charge in [0.2, 0.25) is 5.82 Å². The highest BCUT2D eigenvalue weighted by atomic mass is 32.1. The standard InChI is InChI=1S/C14H11N3OS/c15-11-6-3-10(4-7-11)5-8-13-16-14(17-18-13)12-2-1-9-19-12/h1-9H,15H2/b8-5+. The Balaban J connectivity index is 1.78. The van der Waals surface area contributed by atoms with Crippen molar-refractivity contribution in [2.45, 2.75) is 0 Å². The summed E-state index contributed by atoms with van der Waals surface area (Å²) in [5.41, 5.74) is 7.41. The Morgan fingerprint density at radius 3 is 2.68 bits per heavy atom. The van der Waals surface area contributed by atoms with Crippen LogP contribution in [0.15, 0.2) is 46.3 Å². The smallest absolute Gasteiger partial charge is 0.250 e. The second-order valence-electron chi connectivity index (χ2n) is 3.93. The molecule has 4 nitrogen and oxygen atoms in total. The number of hydrogen-bond acceptors (Lipinski definition) is 5. The van der Waals surface area contributed by atoms with E-state index in [1.807, 2.05) is 47.9 Å². The average Bonchev–Trinajstić information content (AvgIpc) is 3.09. The van der Waals surface area contributed by atoms with Crippen molar-refractivity contribution in [3.63, 3.8) is 0 Å². The van der Waals surface area contributed by atoms with Gasteiger partial charge in [-0.2, -0.15) is 4.98 Å². The van der Waals surface area contributed by atoms with E-state index in [1.54, 1.807) is 17.4 Å². The highest BCUT2D eigenvalue weighted by molar-refractivity contribution is 7.13. The molecule has 0 fully saturated rings. The lowest BCUT2D eigenvalue weighted by molar-refractivity contribution is 0.411. The van der Waals surface area contributed by atoms with E-state index in [2.05, 4.69) is 10.1 Å². The molecule has 0 saturated carbocycles. The van der Waals surface area contributed by atoms with E-state index < -0.39 is 0 Å². The summed E-state index contributed by atoms with van der Waals surface area (Å²) in [7, 11) is 0. The molecule has 0 aliphatic heterocycles. The summed E-state index contributed by atoms with van der Waals surface area (Å²) in [6.45, 7) is 0. The molecule has 0 amide bonds. The van der Waals surface area contributed by atoms with E-state index >= 15 is 0 Å². The van der Waals surface area contributed by atoms with Crippen molar-refractivity contribution < 1.29 is 4.52 Å². The fraction of sp³-hybridized carbons (Fsp3) is 0. The van der Waals surface area contributed by atoms with Crippen LogP contribution in [0.4, 0.5) is 5.69 Å². The third-order valence-corrected chi connectivity index (χ3v) is 3.40. The third-order valence-electron chi connectivity index (χ3n) is 2.54. The van der Waals surface area contributed by atoms with Crippen molar-refractivity contribution in [2.75, 3.05) is 5.73 Å². The molecule has 2 aromatic heterocycles. The van der Waals surface area contributed by atoms with Crippen molar-refractivity contribution in [1.82, 2.24) is 10.1 Å². The normalized spacial score (nSPS) is 11.2. The second-order valence-corrected chi connectivity index (χ2v) is 4.88. The van der Waals surface area contributed by atoms with Gasteiger partial charge in [-0.15, -0.1) is 11.3 Å². The number of nitrogens with two attached hydrogens (primary N) is 1. The zero-order chi connectivity index (χ0) is 13.1. The first-order valence-corrected chi connectivity index (χ1v) is 6.60. The molecular weight excluding hydrogens is 258 g/mol. The van der Waals surface area contributed by atoms with Crippen LogP contribution in [0, 0.1) is 0 Å². The van der Waals surface area contributed by atoms with Crippen LogP contribution in [0.2, 0.25) is 0 Å². The van der Waals surface area contributed by atoms with Gasteiger partial charge in [0.1, 0.15) is 0 Å². The highest BCUT2D eigenvalue weighted by Gasteiger charge is 2.06. The van der Waals surface area contributed by atoms with E-state index in [-0.39, 0.29) is 0 Å². The molecule has 0 radical (unpaired) electrons. The van der Waals surface area contributed by atoms with E-state index in [1.165, 1.54) is 0 Å². The fourth-order valence-corrected chi connectivity index (χ4v) is 2.23. The van der Waals surface area contributed by atoms with Gasteiger partial charge < -0.3 is 10.3 Å². The number of hydrogen-bond donors (Lipinski definition) is 1. The molecule has 0 saturated heterocycles. The number of thiophene rings is 1. The van der Waals surface area contributed by atoms with Crippen molar-refractivity contribution in [2.24, 2.45) is 0 Å². The monoisotopic (exact) mass is 269 g/mol. The number of nitrogens with zero attached hydrogens (tertiary/aromatic N) is 2. The summed E-state index contributed by atoms with van der Waals surface area (Å²) >= 11 is 1.58. The molecule has 3 rings (SSSR count). The van der Waals surface area contributed by atoms with Gasteiger partial charge in [-0.05, 0) is 35.2 Å². The van der Waals surface area contributed by atoms with Crippen molar-refractivity contribution in [3.05, 3.63) is 53.2 Å². The van der Waals surface area contributed by atoms with Gasteiger partial charge in [0.15, 0.2) is 0 Å². The summed E-state index contributed by atoms with van der Waals surface area (Å²) in [6, 6.07) is 11.5. The Hall–Kier alpha value is -2.40. The van der Waals surface area contributed by atoms with Crippen LogP contribution in [-0.4, -0.2) is 10.1 Å². The molecule has 0 spiro atoms. The van der Waals surface area contributed by atoms with Crippen molar-refractivity contribution >= 4 is 29.2 Å². The maximum absolute atomic E-state index is 5.63. The van der Waals surface area contributed by atoms with Crippen molar-refractivity contribution in [3.8, 4) is 10.7 Å². The largest absolute Gasteiger partial charge is 0.399 e. The molecule has 19 heavy (non-hydrogen) atoms. The third kappa shape index (κ3) is 2.71. The summed E-state index contributed by atoms with van der Waals surface area (Å²) in [4.78, 5) is 5.30. The van der Waals surface area contributed by atoms with Gasteiger partial charge in [-0.1, -0.05) is 23.4 Å². The van der Waals surface area contributed by atoms with Gasteiger partial charge in [0.05, 0.1) is 4.88 Å². The van der Waals surface area contributed by atoms with Crippen molar-refractivity contribution in [1.29, 1.82) is 0 Å². The van der Waals surface area contributed by atoms with Gasteiger partial charge in [-0.25, -0.2) is 0 Å². The van der Waals surface area contributed by atoms with E-state index in [0.29, 0.717) is 11.7 Å². The van der Waals surface area contributed by atoms with Crippen LogP contribution < -0.4 is 5.73 Å². The average molecular weight is 269 g/mol. The highest BCUT2D eigenvalue weighted by Crippen LogP contribution is 2.21. The van der Waals surface area contributed by atoms with Crippen LogP contribution in [-0.2, 0) is 0 Å². The maximum Gasteiger partial charge on any atom is 0.250 e. The van der Waals surface area contributed by atoms with Crippen LogP contribution in [0.3, 0.4) is 0 Å². The Bertz CT molecular complexity index is 684. The SMILES string of the molecule is Nc1ccc(/C=C/c2nc(-c3cccs3)no2)cc1. The van der Waals surface area contributed by atoms with Gasteiger partial charge in [0, 0.05) is 11.8 Å². The van der Waals surface area contributed by atoms with Crippen LogP contribution in [0.1, 0.15) is 11.5 Å².